The van der Waals surface area contributed by atoms with E-state index in [4.69, 9.17) is 9.72 Å². The lowest BCUT2D eigenvalue weighted by Gasteiger charge is -2.34. The lowest BCUT2D eigenvalue weighted by atomic mass is 9.71. The van der Waals surface area contributed by atoms with Crippen LogP contribution in [0.2, 0.25) is 0 Å². The van der Waals surface area contributed by atoms with Crippen LogP contribution >= 0.6 is 11.8 Å². The lowest BCUT2D eigenvalue weighted by molar-refractivity contribution is -0.115. The number of benzene rings is 1. The second-order valence-electron chi connectivity index (χ2n) is 9.10. The highest BCUT2D eigenvalue weighted by molar-refractivity contribution is 8.00. The van der Waals surface area contributed by atoms with Crippen LogP contribution in [0.25, 0.3) is 0 Å². The van der Waals surface area contributed by atoms with Gasteiger partial charge in [0, 0.05) is 11.4 Å². The fourth-order valence-corrected chi connectivity index (χ4v) is 4.91. The van der Waals surface area contributed by atoms with Crippen molar-refractivity contribution in [3.05, 3.63) is 47.2 Å². The number of methoxy groups -OCH3 is 1. The average molecular weight is 438 g/mol. The van der Waals surface area contributed by atoms with Crippen molar-refractivity contribution in [1.82, 2.24) is 4.98 Å². The summed E-state index contributed by atoms with van der Waals surface area (Å²) in [6, 6.07) is 11.6. The van der Waals surface area contributed by atoms with Gasteiger partial charge in [0.25, 0.3) is 0 Å². The number of rotatable bonds is 6. The molecule has 0 fully saturated rings. The Bertz CT molecular complexity index is 974. The van der Waals surface area contributed by atoms with Gasteiger partial charge in [-0.05, 0) is 72.9 Å². The van der Waals surface area contributed by atoms with Crippen molar-refractivity contribution in [2.24, 2.45) is 11.3 Å². The van der Waals surface area contributed by atoms with Crippen LogP contribution in [0.1, 0.15) is 57.4 Å². The molecule has 0 saturated carbocycles. The van der Waals surface area contributed by atoms with Gasteiger partial charge in [0.05, 0.1) is 17.9 Å². The first-order valence-electron chi connectivity index (χ1n) is 10.8. The number of nitrogens with zero attached hydrogens (tertiary/aromatic N) is 2. The molecule has 0 aliphatic heterocycles. The summed E-state index contributed by atoms with van der Waals surface area (Å²) < 4.78 is 5.16. The Morgan fingerprint density at radius 3 is 2.65 bits per heavy atom. The lowest BCUT2D eigenvalue weighted by Crippen LogP contribution is -2.28. The smallest absolute Gasteiger partial charge is 0.237 e. The topological polar surface area (TPSA) is 75.0 Å². The minimum absolute atomic E-state index is 0.0890. The predicted octanol–water partition coefficient (Wildman–Crippen LogP) is 5.62. The van der Waals surface area contributed by atoms with Gasteiger partial charge in [0.15, 0.2) is 0 Å². The van der Waals surface area contributed by atoms with Crippen molar-refractivity contribution >= 4 is 23.4 Å². The molecular weight excluding hydrogens is 406 g/mol. The molecule has 31 heavy (non-hydrogen) atoms. The maximum absolute atomic E-state index is 12.9. The Morgan fingerprint density at radius 1 is 1.35 bits per heavy atom. The fraction of sp³-hybridized carbons (Fsp3) is 0.480. The van der Waals surface area contributed by atoms with Gasteiger partial charge in [0.2, 0.25) is 5.91 Å². The highest BCUT2D eigenvalue weighted by Crippen LogP contribution is 2.38. The van der Waals surface area contributed by atoms with E-state index in [-0.39, 0.29) is 16.6 Å². The summed E-state index contributed by atoms with van der Waals surface area (Å²) in [7, 11) is 1.61. The molecule has 164 valence electrons. The summed E-state index contributed by atoms with van der Waals surface area (Å²) in [5.41, 5.74) is 3.78. The molecule has 1 aromatic heterocycles. The molecule has 1 N–H and O–H groups in total. The first kappa shape index (κ1) is 23.1. The molecular formula is C25H31N3O2S. The minimum atomic E-state index is -0.328. The normalized spacial score (nSPS) is 16.7. The zero-order valence-corrected chi connectivity index (χ0v) is 19.8. The first-order valence-corrected chi connectivity index (χ1v) is 11.7. The Balaban J connectivity index is 1.77. The zero-order chi connectivity index (χ0) is 22.6. The van der Waals surface area contributed by atoms with E-state index >= 15 is 0 Å². The third kappa shape index (κ3) is 5.59. The molecule has 1 heterocycles. The summed E-state index contributed by atoms with van der Waals surface area (Å²) in [5.74, 6) is 1.24. The molecule has 1 aliphatic rings. The fourth-order valence-electron chi connectivity index (χ4n) is 3.91. The largest absolute Gasteiger partial charge is 0.497 e. The molecule has 0 radical (unpaired) electrons. The van der Waals surface area contributed by atoms with Crippen molar-refractivity contribution in [3.8, 4) is 11.8 Å². The number of nitriles is 1. The Hall–Kier alpha value is -2.52. The van der Waals surface area contributed by atoms with Gasteiger partial charge in [-0.1, -0.05) is 39.5 Å². The van der Waals surface area contributed by atoms with Crippen LogP contribution in [-0.2, 0) is 17.6 Å². The molecule has 0 bridgehead atoms. The van der Waals surface area contributed by atoms with Crippen LogP contribution < -0.4 is 10.1 Å². The number of carbonyl (C=O) groups is 1. The van der Waals surface area contributed by atoms with Gasteiger partial charge in [-0.3, -0.25) is 4.79 Å². The van der Waals surface area contributed by atoms with Crippen LogP contribution in [0.5, 0.6) is 5.75 Å². The maximum atomic E-state index is 12.9. The molecule has 2 aromatic rings. The summed E-state index contributed by atoms with van der Waals surface area (Å²) in [6.07, 6.45) is 3.63. The molecule has 5 nitrogen and oxygen atoms in total. The number of ether oxygens (including phenoxy) is 1. The molecule has 1 amide bonds. The second kappa shape index (κ2) is 9.74. The first-order chi connectivity index (χ1) is 14.7. The Kier molecular flexibility index (Phi) is 7.27. The van der Waals surface area contributed by atoms with Crippen molar-refractivity contribution in [2.45, 2.75) is 63.7 Å². The van der Waals surface area contributed by atoms with Gasteiger partial charge < -0.3 is 10.1 Å². The Morgan fingerprint density at radius 2 is 2.06 bits per heavy atom. The molecule has 0 spiro atoms. The molecule has 1 aliphatic carbocycles. The number of anilines is 1. The number of amides is 1. The number of carbonyl (C=O) groups excluding carboxylic acids is 1. The molecule has 2 unspecified atom stereocenters. The maximum Gasteiger partial charge on any atom is 0.237 e. The van der Waals surface area contributed by atoms with Gasteiger partial charge in [0.1, 0.15) is 16.8 Å². The predicted molar refractivity (Wildman–Crippen MR) is 125 cm³/mol. The zero-order valence-electron chi connectivity index (χ0n) is 19.0. The average Bonchev–Trinajstić information content (AvgIpc) is 2.76. The van der Waals surface area contributed by atoms with E-state index in [0.717, 1.165) is 36.4 Å². The summed E-state index contributed by atoms with van der Waals surface area (Å²) >= 11 is 1.38. The van der Waals surface area contributed by atoms with Gasteiger partial charge in [-0.2, -0.15) is 5.26 Å². The van der Waals surface area contributed by atoms with Crippen molar-refractivity contribution in [2.75, 3.05) is 12.4 Å². The van der Waals surface area contributed by atoms with E-state index in [2.05, 4.69) is 32.2 Å². The summed E-state index contributed by atoms with van der Waals surface area (Å²) in [6.45, 7) is 8.81. The van der Waals surface area contributed by atoms with Crippen LogP contribution in [-0.4, -0.2) is 23.3 Å². The number of pyridine rings is 1. The molecule has 0 saturated heterocycles. The van der Waals surface area contributed by atoms with Crippen molar-refractivity contribution < 1.29 is 9.53 Å². The Labute approximate surface area is 189 Å². The van der Waals surface area contributed by atoms with Gasteiger partial charge in [-0.25, -0.2) is 4.98 Å². The van der Waals surface area contributed by atoms with Crippen molar-refractivity contribution in [1.29, 1.82) is 5.26 Å². The number of aromatic nitrogens is 1. The number of hydrogen-bond donors (Lipinski definition) is 1. The van der Waals surface area contributed by atoms with Crippen molar-refractivity contribution in [3.63, 3.8) is 0 Å². The number of thioether (sulfide) groups is 1. The van der Waals surface area contributed by atoms with E-state index in [9.17, 15) is 10.1 Å². The number of fused-ring (bicyclic) bond motifs is 1. The highest BCUT2D eigenvalue weighted by Gasteiger charge is 2.30. The number of hydrogen-bond acceptors (Lipinski definition) is 5. The van der Waals surface area contributed by atoms with Crippen LogP contribution in [0, 0.1) is 22.7 Å². The molecule has 2 atom stereocenters. The summed E-state index contributed by atoms with van der Waals surface area (Å²) in [4.78, 5) is 17.7. The quantitative estimate of drug-likeness (QED) is 0.594. The van der Waals surface area contributed by atoms with Crippen LogP contribution in [0.4, 0.5) is 5.69 Å². The summed E-state index contributed by atoms with van der Waals surface area (Å²) in [5, 5.41) is 13.0. The van der Waals surface area contributed by atoms with Crippen LogP contribution in [0.3, 0.4) is 0 Å². The SMILES string of the molecule is CCC(Sc1nc2c(cc1C#N)CC(C(C)(C)C)CC2)C(=O)Nc1ccc(OC)cc1. The standard InChI is InChI=1S/C25H31N3O2S/c1-6-22(23(29)27-19-8-10-20(30-5)11-9-19)31-24-17(15-26)13-16-14-18(25(2,3)4)7-12-21(16)28-24/h8-11,13,18,22H,6-7,12,14H2,1-5H3,(H,27,29). The third-order valence-corrected chi connectivity index (χ3v) is 7.34. The highest BCUT2D eigenvalue weighted by atomic mass is 32.2. The second-order valence-corrected chi connectivity index (χ2v) is 10.3. The number of aryl methyl sites for hydroxylation is 1. The molecule has 3 rings (SSSR count). The monoisotopic (exact) mass is 437 g/mol. The van der Waals surface area contributed by atoms with E-state index in [1.807, 2.05) is 37.3 Å². The minimum Gasteiger partial charge on any atom is -0.497 e. The van der Waals surface area contributed by atoms with Gasteiger partial charge >= 0.3 is 0 Å². The van der Waals surface area contributed by atoms with E-state index in [0.29, 0.717) is 22.9 Å². The van der Waals surface area contributed by atoms with E-state index in [1.165, 1.54) is 17.3 Å². The van der Waals surface area contributed by atoms with E-state index < -0.39 is 0 Å². The van der Waals surface area contributed by atoms with Gasteiger partial charge in [-0.15, -0.1) is 0 Å². The molecule has 1 aromatic carbocycles. The van der Waals surface area contributed by atoms with E-state index in [1.54, 1.807) is 7.11 Å². The van der Waals surface area contributed by atoms with Crippen LogP contribution in [0.15, 0.2) is 35.4 Å². The third-order valence-electron chi connectivity index (χ3n) is 5.97. The molecule has 6 heteroatoms. The number of nitrogens with one attached hydrogen (secondary N) is 1.